The molecule has 2 aromatic heterocycles. The van der Waals surface area contributed by atoms with Gasteiger partial charge in [-0.05, 0) is 30.7 Å². The molecule has 1 aromatic carbocycles. The fourth-order valence-corrected chi connectivity index (χ4v) is 3.49. The molecular formula is C14H12Cl2N2S. The third-order valence-electron chi connectivity index (χ3n) is 3.12. The van der Waals surface area contributed by atoms with Gasteiger partial charge in [0.25, 0.3) is 0 Å². The maximum Gasteiger partial charge on any atom is 0.125 e. The van der Waals surface area contributed by atoms with Crippen LogP contribution >= 0.6 is 34.5 Å². The molecule has 2 nitrogen and oxygen atoms in total. The van der Waals surface area contributed by atoms with Crippen molar-refractivity contribution in [2.24, 2.45) is 0 Å². The summed E-state index contributed by atoms with van der Waals surface area (Å²) in [5, 5.41) is 0. The summed E-state index contributed by atoms with van der Waals surface area (Å²) in [6.45, 7) is 2.83. The normalized spacial score (nSPS) is 11.3. The zero-order valence-electron chi connectivity index (χ0n) is 10.4. The molecule has 0 aliphatic carbocycles. The highest BCUT2D eigenvalue weighted by molar-refractivity contribution is 7.16. The van der Waals surface area contributed by atoms with Crippen molar-refractivity contribution in [2.75, 3.05) is 0 Å². The summed E-state index contributed by atoms with van der Waals surface area (Å²) in [5.74, 6) is 1.31. The van der Waals surface area contributed by atoms with Gasteiger partial charge in [-0.25, -0.2) is 4.98 Å². The van der Waals surface area contributed by atoms with Crippen LogP contribution in [0.2, 0.25) is 4.34 Å². The SMILES string of the molecule is Cc1cccc2c1nc(CCl)n2Cc1ccc(Cl)s1. The Morgan fingerprint density at radius 3 is 2.79 bits per heavy atom. The molecule has 0 aliphatic heterocycles. The van der Waals surface area contributed by atoms with Crippen LogP contribution in [0.25, 0.3) is 11.0 Å². The minimum atomic E-state index is 0.410. The van der Waals surface area contributed by atoms with Crippen LogP contribution < -0.4 is 0 Å². The lowest BCUT2D eigenvalue weighted by Gasteiger charge is -2.06. The van der Waals surface area contributed by atoms with Crippen molar-refractivity contribution in [1.29, 1.82) is 0 Å². The third-order valence-corrected chi connectivity index (χ3v) is 4.58. The average molecular weight is 311 g/mol. The minimum Gasteiger partial charge on any atom is -0.322 e. The molecule has 0 atom stereocenters. The van der Waals surface area contributed by atoms with E-state index in [0.717, 1.165) is 27.7 Å². The van der Waals surface area contributed by atoms with Crippen LogP contribution in [0, 0.1) is 6.92 Å². The van der Waals surface area contributed by atoms with Crippen LogP contribution in [-0.2, 0) is 12.4 Å². The monoisotopic (exact) mass is 310 g/mol. The second-order valence-corrected chi connectivity index (χ2v) is 6.46. The number of fused-ring (bicyclic) bond motifs is 1. The van der Waals surface area contributed by atoms with E-state index in [0.29, 0.717) is 5.88 Å². The molecular weight excluding hydrogens is 299 g/mol. The lowest BCUT2D eigenvalue weighted by atomic mass is 10.2. The number of halogens is 2. The predicted octanol–water partition coefficient (Wildman–Crippen LogP) is 4.85. The molecule has 0 bridgehead atoms. The first-order valence-electron chi connectivity index (χ1n) is 5.94. The second-order valence-electron chi connectivity index (χ2n) is 4.40. The second kappa shape index (κ2) is 5.16. The van der Waals surface area contributed by atoms with Crippen LogP contribution in [0.5, 0.6) is 0 Å². The van der Waals surface area contributed by atoms with Gasteiger partial charge in [-0.2, -0.15) is 0 Å². The first-order chi connectivity index (χ1) is 9.19. The van der Waals surface area contributed by atoms with Crippen molar-refractivity contribution >= 4 is 45.6 Å². The Labute approximate surface area is 125 Å². The summed E-state index contributed by atoms with van der Waals surface area (Å²) in [5.41, 5.74) is 3.33. The van der Waals surface area contributed by atoms with Gasteiger partial charge in [0.1, 0.15) is 5.82 Å². The van der Waals surface area contributed by atoms with Gasteiger partial charge in [0, 0.05) is 4.88 Å². The molecule has 0 unspecified atom stereocenters. The molecule has 0 radical (unpaired) electrons. The van der Waals surface area contributed by atoms with Gasteiger partial charge in [-0.3, -0.25) is 0 Å². The zero-order valence-corrected chi connectivity index (χ0v) is 12.7. The predicted molar refractivity (Wildman–Crippen MR) is 82.5 cm³/mol. The minimum absolute atomic E-state index is 0.410. The summed E-state index contributed by atoms with van der Waals surface area (Å²) >= 11 is 13.6. The number of alkyl halides is 1. The highest BCUT2D eigenvalue weighted by Gasteiger charge is 2.12. The van der Waals surface area contributed by atoms with Crippen LogP contribution in [0.3, 0.4) is 0 Å². The topological polar surface area (TPSA) is 17.8 Å². The number of hydrogen-bond donors (Lipinski definition) is 0. The Balaban J connectivity index is 2.13. The van der Waals surface area contributed by atoms with Gasteiger partial charge in [0.2, 0.25) is 0 Å². The number of aromatic nitrogens is 2. The van der Waals surface area contributed by atoms with E-state index in [1.54, 1.807) is 11.3 Å². The Bertz CT molecular complexity index is 730. The maximum atomic E-state index is 6.02. The van der Waals surface area contributed by atoms with Crippen molar-refractivity contribution in [3.05, 3.63) is 50.9 Å². The standard InChI is InChI=1S/C14H12Cl2N2S/c1-9-3-2-4-11-14(9)17-13(7-15)18(11)8-10-5-6-12(16)19-10/h2-6H,7-8H2,1H3. The van der Waals surface area contributed by atoms with Gasteiger partial charge < -0.3 is 4.57 Å². The molecule has 0 saturated carbocycles. The van der Waals surface area contributed by atoms with E-state index in [-0.39, 0.29) is 0 Å². The molecule has 2 heterocycles. The molecule has 3 rings (SSSR count). The quantitative estimate of drug-likeness (QED) is 0.632. The molecule has 3 aromatic rings. The first kappa shape index (κ1) is 13.0. The van der Waals surface area contributed by atoms with Gasteiger partial charge >= 0.3 is 0 Å². The van der Waals surface area contributed by atoms with Crippen molar-refractivity contribution < 1.29 is 0 Å². The summed E-state index contributed by atoms with van der Waals surface area (Å²) in [6.07, 6.45) is 0. The lowest BCUT2D eigenvalue weighted by molar-refractivity contribution is 0.789. The number of benzene rings is 1. The van der Waals surface area contributed by atoms with Crippen molar-refractivity contribution in [2.45, 2.75) is 19.3 Å². The van der Waals surface area contributed by atoms with E-state index in [1.807, 2.05) is 12.1 Å². The van der Waals surface area contributed by atoms with Crippen LogP contribution in [0.4, 0.5) is 0 Å². The van der Waals surface area contributed by atoms with Crippen molar-refractivity contribution in [3.63, 3.8) is 0 Å². The molecule has 0 aliphatic rings. The van der Waals surface area contributed by atoms with Crippen LogP contribution in [0.1, 0.15) is 16.3 Å². The largest absolute Gasteiger partial charge is 0.322 e. The Morgan fingerprint density at radius 2 is 2.11 bits per heavy atom. The zero-order chi connectivity index (χ0) is 13.4. The maximum absolute atomic E-state index is 6.02. The van der Waals surface area contributed by atoms with E-state index >= 15 is 0 Å². The number of nitrogens with zero attached hydrogens (tertiary/aromatic N) is 2. The highest BCUT2D eigenvalue weighted by Crippen LogP contribution is 2.26. The molecule has 0 N–H and O–H groups in total. The highest BCUT2D eigenvalue weighted by atomic mass is 35.5. The van der Waals surface area contributed by atoms with Gasteiger partial charge in [-0.1, -0.05) is 23.7 Å². The summed E-state index contributed by atoms with van der Waals surface area (Å²) in [4.78, 5) is 5.84. The van der Waals surface area contributed by atoms with E-state index in [2.05, 4.69) is 34.7 Å². The van der Waals surface area contributed by atoms with Crippen molar-refractivity contribution in [1.82, 2.24) is 9.55 Å². The number of rotatable bonds is 3. The fraction of sp³-hybridized carbons (Fsp3) is 0.214. The number of thiophene rings is 1. The summed E-state index contributed by atoms with van der Waals surface area (Å²) in [7, 11) is 0. The average Bonchev–Trinajstić information content (AvgIpc) is 2.96. The van der Waals surface area contributed by atoms with Gasteiger partial charge in [0.15, 0.2) is 0 Å². The number of hydrogen-bond acceptors (Lipinski definition) is 2. The van der Waals surface area contributed by atoms with E-state index in [9.17, 15) is 0 Å². The van der Waals surface area contributed by atoms with Crippen LogP contribution in [0.15, 0.2) is 30.3 Å². The van der Waals surface area contributed by atoms with Gasteiger partial charge in [0.05, 0.1) is 27.8 Å². The molecule has 0 spiro atoms. The van der Waals surface area contributed by atoms with E-state index in [4.69, 9.17) is 23.2 Å². The van der Waals surface area contributed by atoms with E-state index in [1.165, 1.54) is 10.4 Å². The van der Waals surface area contributed by atoms with Crippen LogP contribution in [-0.4, -0.2) is 9.55 Å². The Hall–Kier alpha value is -1.03. The first-order valence-corrected chi connectivity index (χ1v) is 7.67. The Morgan fingerprint density at radius 1 is 1.26 bits per heavy atom. The molecule has 98 valence electrons. The smallest absolute Gasteiger partial charge is 0.125 e. The van der Waals surface area contributed by atoms with Crippen molar-refractivity contribution in [3.8, 4) is 0 Å². The molecule has 0 fully saturated rings. The lowest BCUT2D eigenvalue weighted by Crippen LogP contribution is -2.02. The molecule has 0 saturated heterocycles. The third kappa shape index (κ3) is 2.38. The molecule has 19 heavy (non-hydrogen) atoms. The number of aryl methyl sites for hydroxylation is 1. The summed E-state index contributed by atoms with van der Waals surface area (Å²) in [6, 6.07) is 10.2. The fourth-order valence-electron chi connectivity index (χ4n) is 2.21. The summed E-state index contributed by atoms with van der Waals surface area (Å²) < 4.78 is 2.97. The number of imidazole rings is 1. The molecule has 0 amide bonds. The van der Waals surface area contributed by atoms with Gasteiger partial charge in [-0.15, -0.1) is 22.9 Å². The molecule has 5 heteroatoms. The van der Waals surface area contributed by atoms with E-state index < -0.39 is 0 Å². The Kier molecular flexibility index (Phi) is 3.52. The number of para-hydroxylation sites is 1.